The van der Waals surface area contributed by atoms with Crippen molar-refractivity contribution in [3.63, 3.8) is 0 Å². The van der Waals surface area contributed by atoms with Gasteiger partial charge < -0.3 is 10.1 Å². The lowest BCUT2D eigenvalue weighted by Gasteiger charge is -2.19. The molecule has 1 aromatic heterocycles. The molecule has 7 heteroatoms. The Morgan fingerprint density at radius 3 is 2.67 bits per heavy atom. The number of aromatic amines is 1. The van der Waals surface area contributed by atoms with E-state index in [9.17, 15) is 14.3 Å². The maximum absolute atomic E-state index is 14.2. The third-order valence-electron chi connectivity index (χ3n) is 4.63. The summed E-state index contributed by atoms with van der Waals surface area (Å²) in [6.07, 6.45) is 4.56. The summed E-state index contributed by atoms with van der Waals surface area (Å²) in [7, 11) is 0. The molecule has 2 aromatic carbocycles. The molecule has 0 fully saturated rings. The molecule has 4 rings (SSSR count). The summed E-state index contributed by atoms with van der Waals surface area (Å²) in [6, 6.07) is 13.7. The lowest BCUT2D eigenvalue weighted by molar-refractivity contribution is -0.140. The Morgan fingerprint density at radius 1 is 1.13 bits per heavy atom. The number of aliphatic imine (C=N–C) groups is 1. The number of carboxylic acids is 1. The number of hydrogen-bond donors (Lipinski definition) is 2. The van der Waals surface area contributed by atoms with Crippen LogP contribution < -0.4 is 0 Å². The maximum atomic E-state index is 14.2. The highest BCUT2D eigenvalue weighted by atomic mass is 35.5. The molecule has 0 spiro atoms. The van der Waals surface area contributed by atoms with Gasteiger partial charge in [0.05, 0.1) is 28.1 Å². The van der Waals surface area contributed by atoms with E-state index in [0.717, 1.165) is 5.56 Å². The molecule has 5 nitrogen and oxygen atoms in total. The Labute approximate surface area is 177 Å². The number of aromatic nitrogens is 2. The third-order valence-corrected chi connectivity index (χ3v) is 4.95. The third kappa shape index (κ3) is 4.02. The Morgan fingerprint density at radius 2 is 1.93 bits per heavy atom. The average Bonchev–Trinajstić information content (AvgIpc) is 3.22. The topological polar surface area (TPSA) is 78.3 Å². The molecule has 0 aliphatic carbocycles. The summed E-state index contributed by atoms with van der Waals surface area (Å²) >= 11 is 6.10. The number of carboxylic acid groups (broad SMARTS) is 1. The number of carbonyl (C=O) groups is 1. The normalized spacial score (nSPS) is 17.7. The quantitative estimate of drug-likeness (QED) is 0.605. The Bertz CT molecular complexity index is 1200. The Kier molecular flexibility index (Phi) is 5.46. The van der Waals surface area contributed by atoms with Gasteiger partial charge >= 0.3 is 5.97 Å². The number of benzene rings is 2. The summed E-state index contributed by atoms with van der Waals surface area (Å²) in [5.41, 5.74) is 1.73. The molecule has 148 valence electrons. The second-order valence-corrected chi connectivity index (χ2v) is 7.01. The predicted octanol–water partition coefficient (Wildman–Crippen LogP) is 4.67. The van der Waals surface area contributed by atoms with Crippen LogP contribution >= 0.6 is 11.6 Å². The number of H-pyrrole nitrogens is 1. The van der Waals surface area contributed by atoms with E-state index in [0.29, 0.717) is 11.4 Å². The van der Waals surface area contributed by atoms with Gasteiger partial charge in [0, 0.05) is 18.0 Å². The second-order valence-electron chi connectivity index (χ2n) is 6.61. The number of hydrogen-bond acceptors (Lipinski definition) is 3. The molecule has 1 aliphatic rings. The van der Waals surface area contributed by atoms with Gasteiger partial charge in [0.2, 0.25) is 0 Å². The van der Waals surface area contributed by atoms with Crippen molar-refractivity contribution in [2.24, 2.45) is 10.9 Å². The summed E-state index contributed by atoms with van der Waals surface area (Å²) in [4.78, 5) is 23.4. The van der Waals surface area contributed by atoms with Crippen molar-refractivity contribution in [2.75, 3.05) is 0 Å². The maximum Gasteiger partial charge on any atom is 0.311 e. The van der Waals surface area contributed by atoms with Gasteiger partial charge in [-0.3, -0.25) is 9.79 Å². The first kappa shape index (κ1) is 19.6. The van der Waals surface area contributed by atoms with Crippen LogP contribution in [0.1, 0.15) is 17.2 Å². The fraction of sp³-hybridized carbons (Fsp3) is 0.0870. The molecule has 1 aliphatic heterocycles. The van der Waals surface area contributed by atoms with Crippen molar-refractivity contribution >= 4 is 23.8 Å². The van der Waals surface area contributed by atoms with E-state index in [1.165, 1.54) is 24.4 Å². The predicted molar refractivity (Wildman–Crippen MR) is 113 cm³/mol. The van der Waals surface area contributed by atoms with Gasteiger partial charge in [-0.25, -0.2) is 9.37 Å². The molecule has 0 bridgehead atoms. The van der Waals surface area contributed by atoms with Crippen LogP contribution in [0, 0.1) is 23.6 Å². The standard InChI is InChI=1S/C23H15ClFN3O2/c24-18-7-4-8-19(25)21(18)22-27-13-20(28-22)17-12-26-15(11-16(17)23(29)30)10-9-14-5-2-1-3-6-14/h1-8,11-13,16-17H,(H,27,28)(H,29,30). The first-order valence-electron chi connectivity index (χ1n) is 9.08. The number of aliphatic carboxylic acids is 1. The number of halogens is 2. The van der Waals surface area contributed by atoms with Crippen molar-refractivity contribution < 1.29 is 14.3 Å². The van der Waals surface area contributed by atoms with Crippen LogP contribution in [0.25, 0.3) is 11.4 Å². The molecule has 2 atom stereocenters. The zero-order valence-corrected chi connectivity index (χ0v) is 16.3. The van der Waals surface area contributed by atoms with E-state index in [4.69, 9.17) is 11.6 Å². The largest absolute Gasteiger partial charge is 0.481 e. The highest BCUT2D eigenvalue weighted by Crippen LogP contribution is 2.32. The van der Waals surface area contributed by atoms with Gasteiger partial charge in [-0.2, -0.15) is 0 Å². The SMILES string of the molecule is O=C(O)C1C=C(C#Cc2ccccc2)N=CC1c1c[nH]c(-c2c(F)cccc2Cl)n1. The van der Waals surface area contributed by atoms with E-state index < -0.39 is 23.6 Å². The summed E-state index contributed by atoms with van der Waals surface area (Å²) < 4.78 is 14.2. The van der Waals surface area contributed by atoms with E-state index >= 15 is 0 Å². The summed E-state index contributed by atoms with van der Waals surface area (Å²) in [6.45, 7) is 0. The van der Waals surface area contributed by atoms with Crippen LogP contribution in [0.3, 0.4) is 0 Å². The van der Waals surface area contributed by atoms with Crippen molar-refractivity contribution in [1.29, 1.82) is 0 Å². The number of allylic oxidation sites excluding steroid dienone is 1. The first-order chi connectivity index (χ1) is 14.5. The van der Waals surface area contributed by atoms with E-state index in [2.05, 4.69) is 26.8 Å². The zero-order chi connectivity index (χ0) is 21.1. The smallest absolute Gasteiger partial charge is 0.311 e. The van der Waals surface area contributed by atoms with Crippen LogP contribution in [0.2, 0.25) is 5.02 Å². The van der Waals surface area contributed by atoms with Gasteiger partial charge in [0.15, 0.2) is 0 Å². The number of imidazole rings is 1. The van der Waals surface area contributed by atoms with E-state index in [-0.39, 0.29) is 16.4 Å². The molecule has 2 unspecified atom stereocenters. The monoisotopic (exact) mass is 419 g/mol. The van der Waals surface area contributed by atoms with E-state index in [1.54, 1.807) is 12.3 Å². The van der Waals surface area contributed by atoms with Crippen molar-refractivity contribution in [3.8, 4) is 23.2 Å². The fourth-order valence-corrected chi connectivity index (χ4v) is 3.40. The van der Waals surface area contributed by atoms with Gasteiger partial charge in [-0.1, -0.05) is 41.8 Å². The highest BCUT2D eigenvalue weighted by Gasteiger charge is 2.31. The molecule has 2 heterocycles. The number of nitrogens with zero attached hydrogens (tertiary/aromatic N) is 2. The number of nitrogens with one attached hydrogen (secondary N) is 1. The molecule has 2 N–H and O–H groups in total. The molecule has 0 radical (unpaired) electrons. The average molecular weight is 420 g/mol. The Balaban J connectivity index is 1.63. The van der Waals surface area contributed by atoms with Crippen molar-refractivity contribution in [2.45, 2.75) is 5.92 Å². The van der Waals surface area contributed by atoms with Crippen LogP contribution in [-0.2, 0) is 4.79 Å². The zero-order valence-electron chi connectivity index (χ0n) is 15.5. The van der Waals surface area contributed by atoms with Gasteiger partial charge in [0.25, 0.3) is 0 Å². The van der Waals surface area contributed by atoms with Crippen molar-refractivity contribution in [1.82, 2.24) is 9.97 Å². The first-order valence-corrected chi connectivity index (χ1v) is 9.46. The van der Waals surface area contributed by atoms with Gasteiger partial charge in [-0.15, -0.1) is 0 Å². The van der Waals surface area contributed by atoms with Crippen LogP contribution in [0.4, 0.5) is 4.39 Å². The number of rotatable bonds is 3. The van der Waals surface area contributed by atoms with Crippen molar-refractivity contribution in [3.05, 3.63) is 88.6 Å². The Hall–Kier alpha value is -3.69. The van der Waals surface area contributed by atoms with Crippen LogP contribution in [-0.4, -0.2) is 27.3 Å². The molecule has 0 saturated carbocycles. The highest BCUT2D eigenvalue weighted by molar-refractivity contribution is 6.33. The minimum Gasteiger partial charge on any atom is -0.481 e. The van der Waals surface area contributed by atoms with Crippen LogP contribution in [0.15, 0.2) is 71.5 Å². The molecule has 3 aromatic rings. The fourth-order valence-electron chi connectivity index (χ4n) is 3.15. The second kappa shape index (κ2) is 8.36. The van der Waals surface area contributed by atoms with Gasteiger partial charge in [0.1, 0.15) is 17.3 Å². The molecular weight excluding hydrogens is 405 g/mol. The summed E-state index contributed by atoms with van der Waals surface area (Å²) in [5, 5.41) is 9.92. The molecular formula is C23H15ClFN3O2. The van der Waals surface area contributed by atoms with E-state index in [1.807, 2.05) is 30.3 Å². The van der Waals surface area contributed by atoms with Crippen LogP contribution in [0.5, 0.6) is 0 Å². The van der Waals surface area contributed by atoms with Gasteiger partial charge in [-0.05, 0) is 36.3 Å². The lowest BCUT2D eigenvalue weighted by atomic mass is 9.88. The minimum absolute atomic E-state index is 0.134. The lowest BCUT2D eigenvalue weighted by Crippen LogP contribution is -2.24. The molecule has 0 amide bonds. The summed E-state index contributed by atoms with van der Waals surface area (Å²) in [5.74, 6) is 3.00. The molecule has 30 heavy (non-hydrogen) atoms. The molecule has 0 saturated heterocycles. The minimum atomic E-state index is -1.03.